The second-order valence-corrected chi connectivity index (χ2v) is 6.40. The zero-order chi connectivity index (χ0) is 17.6. The molecule has 2 aromatic rings. The largest absolute Gasteiger partial charge is 0.379 e. The van der Waals surface area contributed by atoms with Crippen LogP contribution in [-0.4, -0.2) is 37.1 Å². The first-order valence-electron chi connectivity index (χ1n) is 8.23. The van der Waals surface area contributed by atoms with Crippen LogP contribution in [0.1, 0.15) is 21.5 Å². The molecule has 0 aromatic heterocycles. The molecule has 0 atom stereocenters. The Bertz CT molecular complexity index is 748. The Labute approximate surface area is 151 Å². The zero-order valence-electron chi connectivity index (χ0n) is 13.8. The van der Waals surface area contributed by atoms with E-state index in [9.17, 15) is 9.18 Å². The van der Waals surface area contributed by atoms with Crippen molar-refractivity contribution < 1.29 is 13.9 Å². The van der Waals surface area contributed by atoms with Crippen molar-refractivity contribution in [2.24, 2.45) is 0 Å². The number of nitrogens with zero attached hydrogens (tertiary/aromatic N) is 1. The molecule has 0 aliphatic carbocycles. The van der Waals surface area contributed by atoms with Crippen molar-refractivity contribution >= 4 is 17.5 Å². The number of rotatable bonds is 5. The smallest absolute Gasteiger partial charge is 0.254 e. The molecule has 1 heterocycles. The van der Waals surface area contributed by atoms with E-state index in [1.165, 1.54) is 12.1 Å². The Morgan fingerprint density at radius 3 is 2.60 bits per heavy atom. The van der Waals surface area contributed by atoms with Crippen LogP contribution in [0.2, 0.25) is 5.02 Å². The molecule has 1 saturated heterocycles. The summed E-state index contributed by atoms with van der Waals surface area (Å²) >= 11 is 5.72. The maximum atomic E-state index is 13.9. The molecule has 1 N–H and O–H groups in total. The molecule has 4 nitrogen and oxygen atoms in total. The number of nitrogens with one attached hydrogen (secondary N) is 1. The first kappa shape index (κ1) is 17.9. The molecule has 3 rings (SSSR count). The van der Waals surface area contributed by atoms with Gasteiger partial charge in [0.25, 0.3) is 5.91 Å². The average Bonchev–Trinajstić information content (AvgIpc) is 2.61. The third-order valence-corrected chi connectivity index (χ3v) is 4.47. The van der Waals surface area contributed by atoms with E-state index in [2.05, 4.69) is 16.3 Å². The van der Waals surface area contributed by atoms with Gasteiger partial charge in [0, 0.05) is 31.2 Å². The number of amides is 1. The summed E-state index contributed by atoms with van der Waals surface area (Å²) in [5.74, 6) is -1.07. The molecule has 1 aliphatic rings. The normalized spacial score (nSPS) is 15.1. The Balaban J connectivity index is 1.65. The monoisotopic (exact) mass is 362 g/mol. The molecule has 132 valence electrons. The predicted molar refractivity (Wildman–Crippen MR) is 95.1 cm³/mol. The van der Waals surface area contributed by atoms with E-state index in [0.717, 1.165) is 50.0 Å². The fourth-order valence-electron chi connectivity index (χ4n) is 2.83. The molecular weight excluding hydrogens is 343 g/mol. The van der Waals surface area contributed by atoms with Crippen LogP contribution in [0.15, 0.2) is 42.5 Å². The van der Waals surface area contributed by atoms with Crippen molar-refractivity contribution in [3.05, 3.63) is 70.0 Å². The molecule has 2 aromatic carbocycles. The highest BCUT2D eigenvalue weighted by molar-refractivity contribution is 6.30. The van der Waals surface area contributed by atoms with E-state index in [1.807, 2.05) is 18.2 Å². The van der Waals surface area contributed by atoms with E-state index in [1.54, 1.807) is 0 Å². The van der Waals surface area contributed by atoms with Crippen molar-refractivity contribution in [2.75, 3.05) is 26.3 Å². The van der Waals surface area contributed by atoms with Gasteiger partial charge in [-0.05, 0) is 29.3 Å². The predicted octanol–water partition coefficient (Wildman–Crippen LogP) is 3.24. The summed E-state index contributed by atoms with van der Waals surface area (Å²) in [4.78, 5) is 14.6. The van der Waals surface area contributed by atoms with Crippen LogP contribution in [0, 0.1) is 5.82 Å². The number of hydrogen-bond donors (Lipinski definition) is 1. The van der Waals surface area contributed by atoms with Gasteiger partial charge in [0.05, 0.1) is 18.8 Å². The number of morpholine rings is 1. The lowest BCUT2D eigenvalue weighted by Gasteiger charge is -2.27. The lowest BCUT2D eigenvalue weighted by molar-refractivity contribution is 0.0340. The van der Waals surface area contributed by atoms with E-state index >= 15 is 0 Å². The van der Waals surface area contributed by atoms with Gasteiger partial charge in [0.2, 0.25) is 0 Å². The topological polar surface area (TPSA) is 41.6 Å². The van der Waals surface area contributed by atoms with Crippen molar-refractivity contribution in [2.45, 2.75) is 13.1 Å². The number of hydrogen-bond acceptors (Lipinski definition) is 3. The van der Waals surface area contributed by atoms with Gasteiger partial charge < -0.3 is 10.1 Å². The standard InChI is InChI=1S/C19H20ClFN2O2/c20-16-5-6-17(18(21)11-16)19(24)22-12-14-3-1-2-4-15(14)13-23-7-9-25-10-8-23/h1-6,11H,7-10,12-13H2,(H,22,24). The van der Waals surface area contributed by atoms with Crippen LogP contribution in [-0.2, 0) is 17.8 Å². The fraction of sp³-hybridized carbons (Fsp3) is 0.316. The second kappa shape index (κ2) is 8.43. The summed E-state index contributed by atoms with van der Waals surface area (Å²) in [6, 6.07) is 12.0. The summed E-state index contributed by atoms with van der Waals surface area (Å²) in [5.41, 5.74) is 2.17. The van der Waals surface area contributed by atoms with Crippen LogP contribution in [0.5, 0.6) is 0 Å². The summed E-state index contributed by atoms with van der Waals surface area (Å²) < 4.78 is 19.2. The van der Waals surface area contributed by atoms with E-state index in [0.29, 0.717) is 6.54 Å². The summed E-state index contributed by atoms with van der Waals surface area (Å²) in [6.07, 6.45) is 0. The lowest BCUT2D eigenvalue weighted by atomic mass is 10.1. The maximum absolute atomic E-state index is 13.9. The maximum Gasteiger partial charge on any atom is 0.254 e. The van der Waals surface area contributed by atoms with Gasteiger partial charge in [0.15, 0.2) is 0 Å². The first-order valence-corrected chi connectivity index (χ1v) is 8.61. The van der Waals surface area contributed by atoms with Crippen molar-refractivity contribution in [1.82, 2.24) is 10.2 Å². The zero-order valence-corrected chi connectivity index (χ0v) is 14.6. The molecule has 25 heavy (non-hydrogen) atoms. The highest BCUT2D eigenvalue weighted by Crippen LogP contribution is 2.16. The molecule has 0 spiro atoms. The van der Waals surface area contributed by atoms with Crippen molar-refractivity contribution in [1.29, 1.82) is 0 Å². The number of benzene rings is 2. The molecular formula is C19H20ClFN2O2. The van der Waals surface area contributed by atoms with Gasteiger partial charge in [-0.3, -0.25) is 9.69 Å². The minimum absolute atomic E-state index is 0.00457. The van der Waals surface area contributed by atoms with Gasteiger partial charge in [0.1, 0.15) is 5.82 Å². The third-order valence-electron chi connectivity index (χ3n) is 4.23. The van der Waals surface area contributed by atoms with Crippen molar-refractivity contribution in [3.63, 3.8) is 0 Å². The highest BCUT2D eigenvalue weighted by Gasteiger charge is 2.15. The molecule has 0 unspecified atom stereocenters. The Kier molecular flexibility index (Phi) is 6.02. The fourth-order valence-corrected chi connectivity index (χ4v) is 2.99. The van der Waals surface area contributed by atoms with Crippen LogP contribution in [0.4, 0.5) is 4.39 Å². The molecule has 1 amide bonds. The first-order chi connectivity index (χ1) is 12.1. The molecule has 6 heteroatoms. The molecule has 1 aliphatic heterocycles. The molecule has 0 radical (unpaired) electrons. The third kappa shape index (κ3) is 4.78. The van der Waals surface area contributed by atoms with Gasteiger partial charge in [-0.1, -0.05) is 35.9 Å². The van der Waals surface area contributed by atoms with Gasteiger partial charge in [-0.2, -0.15) is 0 Å². The summed E-state index contributed by atoms with van der Waals surface area (Å²) in [5, 5.41) is 3.06. The van der Waals surface area contributed by atoms with E-state index in [4.69, 9.17) is 16.3 Å². The molecule has 1 fully saturated rings. The summed E-state index contributed by atoms with van der Waals surface area (Å²) in [6.45, 7) is 4.45. The summed E-state index contributed by atoms with van der Waals surface area (Å²) in [7, 11) is 0. The highest BCUT2D eigenvalue weighted by atomic mass is 35.5. The van der Waals surface area contributed by atoms with Crippen LogP contribution >= 0.6 is 11.6 Å². The number of carbonyl (C=O) groups excluding carboxylic acids is 1. The number of halogens is 2. The molecule has 0 bridgehead atoms. The SMILES string of the molecule is O=C(NCc1ccccc1CN1CCOCC1)c1ccc(Cl)cc1F. The second-order valence-electron chi connectivity index (χ2n) is 5.96. The van der Waals surface area contributed by atoms with Crippen LogP contribution in [0.3, 0.4) is 0 Å². The van der Waals surface area contributed by atoms with Crippen LogP contribution in [0.25, 0.3) is 0 Å². The lowest BCUT2D eigenvalue weighted by Crippen LogP contribution is -2.36. The van der Waals surface area contributed by atoms with Gasteiger partial charge in [-0.15, -0.1) is 0 Å². The Morgan fingerprint density at radius 2 is 1.88 bits per heavy atom. The van der Waals surface area contributed by atoms with E-state index < -0.39 is 11.7 Å². The minimum Gasteiger partial charge on any atom is -0.379 e. The van der Waals surface area contributed by atoms with Crippen molar-refractivity contribution in [3.8, 4) is 0 Å². The number of ether oxygens (including phenoxy) is 1. The minimum atomic E-state index is -0.619. The quantitative estimate of drug-likeness (QED) is 0.887. The Morgan fingerprint density at radius 1 is 1.16 bits per heavy atom. The average molecular weight is 363 g/mol. The Hall–Kier alpha value is -1.95. The van der Waals surface area contributed by atoms with E-state index in [-0.39, 0.29) is 10.6 Å². The van der Waals surface area contributed by atoms with Gasteiger partial charge >= 0.3 is 0 Å². The molecule has 0 saturated carbocycles. The van der Waals surface area contributed by atoms with Crippen LogP contribution < -0.4 is 5.32 Å². The number of carbonyl (C=O) groups is 1. The van der Waals surface area contributed by atoms with Gasteiger partial charge in [-0.25, -0.2) is 4.39 Å².